The Kier molecular flexibility index (Phi) is 2.10. The summed E-state index contributed by atoms with van der Waals surface area (Å²) >= 11 is 0. The monoisotopic (exact) mass is 174 g/mol. The van der Waals surface area contributed by atoms with Crippen LogP contribution in [0.5, 0.6) is 0 Å². The van der Waals surface area contributed by atoms with Crippen LogP contribution in [0.15, 0.2) is 43.0 Å². The molecule has 0 saturated heterocycles. The SMILES string of the molecule is OCc1cccc(-n2ccnc2)c1. The van der Waals surface area contributed by atoms with Gasteiger partial charge >= 0.3 is 0 Å². The van der Waals surface area contributed by atoms with Crippen molar-refractivity contribution < 1.29 is 5.11 Å². The summed E-state index contributed by atoms with van der Waals surface area (Å²) in [7, 11) is 0. The summed E-state index contributed by atoms with van der Waals surface area (Å²) in [5, 5.41) is 8.93. The van der Waals surface area contributed by atoms with Crippen molar-refractivity contribution in [2.75, 3.05) is 0 Å². The molecule has 0 aliphatic rings. The predicted octanol–water partition coefficient (Wildman–Crippen LogP) is 1.36. The van der Waals surface area contributed by atoms with Gasteiger partial charge in [0.1, 0.15) is 0 Å². The Morgan fingerprint density at radius 2 is 2.31 bits per heavy atom. The molecule has 1 N–H and O–H groups in total. The molecular formula is C10H10N2O. The molecule has 0 bridgehead atoms. The second-order valence-corrected chi connectivity index (χ2v) is 2.80. The van der Waals surface area contributed by atoms with Crippen molar-refractivity contribution in [1.82, 2.24) is 9.55 Å². The minimum absolute atomic E-state index is 0.0720. The van der Waals surface area contributed by atoms with E-state index >= 15 is 0 Å². The van der Waals surface area contributed by atoms with Crippen molar-refractivity contribution in [2.45, 2.75) is 6.61 Å². The molecule has 0 saturated carbocycles. The van der Waals surface area contributed by atoms with Crippen LogP contribution in [-0.2, 0) is 6.61 Å². The zero-order chi connectivity index (χ0) is 9.10. The minimum Gasteiger partial charge on any atom is -0.392 e. The average molecular weight is 174 g/mol. The Bertz CT molecular complexity index is 382. The smallest absolute Gasteiger partial charge is 0.0991 e. The third-order valence-electron chi connectivity index (χ3n) is 1.90. The number of rotatable bonds is 2. The summed E-state index contributed by atoms with van der Waals surface area (Å²) < 4.78 is 1.90. The first kappa shape index (κ1) is 8.01. The first-order valence-corrected chi connectivity index (χ1v) is 4.08. The van der Waals surface area contributed by atoms with Crippen molar-refractivity contribution in [2.24, 2.45) is 0 Å². The molecule has 3 nitrogen and oxygen atoms in total. The fraction of sp³-hybridized carbons (Fsp3) is 0.100. The summed E-state index contributed by atoms with van der Waals surface area (Å²) in [5.41, 5.74) is 1.93. The fourth-order valence-corrected chi connectivity index (χ4v) is 1.23. The van der Waals surface area contributed by atoms with Gasteiger partial charge in [0, 0.05) is 18.1 Å². The van der Waals surface area contributed by atoms with Gasteiger partial charge in [0.15, 0.2) is 0 Å². The summed E-state index contributed by atoms with van der Waals surface area (Å²) in [6.45, 7) is 0.0720. The van der Waals surface area contributed by atoms with Crippen LogP contribution in [0.3, 0.4) is 0 Å². The second-order valence-electron chi connectivity index (χ2n) is 2.80. The molecule has 0 spiro atoms. The summed E-state index contributed by atoms with van der Waals surface area (Å²) in [4.78, 5) is 3.95. The molecular weight excluding hydrogens is 164 g/mol. The van der Waals surface area contributed by atoms with E-state index in [9.17, 15) is 0 Å². The quantitative estimate of drug-likeness (QED) is 0.746. The van der Waals surface area contributed by atoms with Gasteiger partial charge in [0.2, 0.25) is 0 Å². The molecule has 0 unspecified atom stereocenters. The van der Waals surface area contributed by atoms with Crippen LogP contribution in [-0.4, -0.2) is 14.7 Å². The van der Waals surface area contributed by atoms with Crippen LogP contribution in [0, 0.1) is 0 Å². The van der Waals surface area contributed by atoms with Gasteiger partial charge in [-0.1, -0.05) is 12.1 Å². The van der Waals surface area contributed by atoms with Crippen LogP contribution < -0.4 is 0 Å². The number of hydrogen-bond acceptors (Lipinski definition) is 2. The lowest BCUT2D eigenvalue weighted by molar-refractivity contribution is 0.282. The average Bonchev–Trinajstić information content (AvgIpc) is 2.71. The molecule has 0 amide bonds. The Balaban J connectivity index is 2.41. The molecule has 2 aromatic rings. The molecule has 2 rings (SSSR count). The third-order valence-corrected chi connectivity index (χ3v) is 1.90. The number of imidazole rings is 1. The maximum atomic E-state index is 8.93. The first-order valence-electron chi connectivity index (χ1n) is 4.08. The van der Waals surface area contributed by atoms with E-state index in [-0.39, 0.29) is 6.61 Å². The normalized spacial score (nSPS) is 10.2. The first-order chi connectivity index (χ1) is 6.40. The van der Waals surface area contributed by atoms with E-state index in [1.54, 1.807) is 12.5 Å². The predicted molar refractivity (Wildman–Crippen MR) is 49.5 cm³/mol. The highest BCUT2D eigenvalue weighted by atomic mass is 16.3. The Morgan fingerprint density at radius 3 is 3.00 bits per heavy atom. The number of benzene rings is 1. The molecule has 1 heterocycles. The van der Waals surface area contributed by atoms with E-state index in [0.717, 1.165) is 11.3 Å². The number of aliphatic hydroxyl groups excluding tert-OH is 1. The molecule has 13 heavy (non-hydrogen) atoms. The van der Waals surface area contributed by atoms with Crippen molar-refractivity contribution in [3.05, 3.63) is 48.5 Å². The number of hydrogen-bond donors (Lipinski definition) is 1. The molecule has 0 aliphatic heterocycles. The second kappa shape index (κ2) is 3.41. The van der Waals surface area contributed by atoms with E-state index in [0.29, 0.717) is 0 Å². The molecule has 0 aliphatic carbocycles. The topological polar surface area (TPSA) is 38.0 Å². The van der Waals surface area contributed by atoms with Crippen LogP contribution in [0.1, 0.15) is 5.56 Å². The molecule has 0 radical (unpaired) electrons. The fourth-order valence-electron chi connectivity index (χ4n) is 1.23. The molecule has 0 atom stereocenters. The van der Waals surface area contributed by atoms with E-state index in [2.05, 4.69) is 4.98 Å². The van der Waals surface area contributed by atoms with Crippen molar-refractivity contribution in [1.29, 1.82) is 0 Å². The molecule has 3 heteroatoms. The summed E-state index contributed by atoms with van der Waals surface area (Å²) in [6, 6.07) is 7.71. The summed E-state index contributed by atoms with van der Waals surface area (Å²) in [5.74, 6) is 0. The lowest BCUT2D eigenvalue weighted by Gasteiger charge is -2.02. The standard InChI is InChI=1S/C10H10N2O/c13-7-9-2-1-3-10(6-9)12-5-4-11-8-12/h1-6,8,13H,7H2. The van der Waals surface area contributed by atoms with Gasteiger partial charge in [0.25, 0.3) is 0 Å². The van der Waals surface area contributed by atoms with Gasteiger partial charge in [-0.15, -0.1) is 0 Å². The molecule has 0 fully saturated rings. The van der Waals surface area contributed by atoms with Gasteiger partial charge in [-0.2, -0.15) is 0 Å². The largest absolute Gasteiger partial charge is 0.392 e. The zero-order valence-electron chi connectivity index (χ0n) is 7.09. The number of nitrogens with zero attached hydrogens (tertiary/aromatic N) is 2. The lowest BCUT2D eigenvalue weighted by atomic mass is 10.2. The molecule has 66 valence electrons. The van der Waals surface area contributed by atoms with Crippen LogP contribution in [0.4, 0.5) is 0 Å². The van der Waals surface area contributed by atoms with E-state index in [1.807, 2.05) is 35.0 Å². The Labute approximate surface area is 76.3 Å². The maximum Gasteiger partial charge on any atom is 0.0991 e. The molecule has 1 aromatic carbocycles. The van der Waals surface area contributed by atoms with E-state index in [1.165, 1.54) is 0 Å². The zero-order valence-corrected chi connectivity index (χ0v) is 7.09. The van der Waals surface area contributed by atoms with Crippen LogP contribution in [0.2, 0.25) is 0 Å². The van der Waals surface area contributed by atoms with E-state index in [4.69, 9.17) is 5.11 Å². The molecule has 1 aromatic heterocycles. The highest BCUT2D eigenvalue weighted by Gasteiger charge is 1.95. The highest BCUT2D eigenvalue weighted by Crippen LogP contribution is 2.09. The number of aliphatic hydroxyl groups is 1. The van der Waals surface area contributed by atoms with Crippen molar-refractivity contribution >= 4 is 0 Å². The van der Waals surface area contributed by atoms with Crippen molar-refractivity contribution in [3.8, 4) is 5.69 Å². The Morgan fingerprint density at radius 1 is 1.38 bits per heavy atom. The van der Waals surface area contributed by atoms with Gasteiger partial charge < -0.3 is 9.67 Å². The minimum atomic E-state index is 0.0720. The highest BCUT2D eigenvalue weighted by molar-refractivity contribution is 5.35. The van der Waals surface area contributed by atoms with Crippen molar-refractivity contribution in [3.63, 3.8) is 0 Å². The van der Waals surface area contributed by atoms with Gasteiger partial charge in [-0.25, -0.2) is 4.98 Å². The Hall–Kier alpha value is -1.61. The van der Waals surface area contributed by atoms with E-state index < -0.39 is 0 Å². The van der Waals surface area contributed by atoms with Crippen LogP contribution in [0.25, 0.3) is 5.69 Å². The van der Waals surface area contributed by atoms with Crippen LogP contribution >= 0.6 is 0 Å². The maximum absolute atomic E-state index is 8.93. The number of aromatic nitrogens is 2. The lowest BCUT2D eigenvalue weighted by Crippen LogP contribution is -1.91. The van der Waals surface area contributed by atoms with Gasteiger partial charge in [0.05, 0.1) is 12.9 Å². The van der Waals surface area contributed by atoms with Gasteiger partial charge in [-0.3, -0.25) is 0 Å². The third kappa shape index (κ3) is 1.60. The van der Waals surface area contributed by atoms with Gasteiger partial charge in [-0.05, 0) is 17.7 Å². The summed E-state index contributed by atoms with van der Waals surface area (Å²) in [6.07, 6.45) is 5.33.